The third-order valence-corrected chi connectivity index (χ3v) is 5.23. The molecule has 28 heavy (non-hydrogen) atoms. The second kappa shape index (κ2) is 8.84. The molecule has 6 nitrogen and oxygen atoms in total. The molecular formula is C21H22N4O2S. The Morgan fingerprint density at radius 3 is 2.43 bits per heavy atom. The molecule has 3 rings (SSSR count). The molecule has 7 heteroatoms. The SMILES string of the molecule is CC(=O)NCc1ccc(C(=O)CSc2nnc(C)n2-c2ccccc2C)cc1. The highest BCUT2D eigenvalue weighted by molar-refractivity contribution is 7.99. The van der Waals surface area contributed by atoms with Gasteiger partial charge >= 0.3 is 0 Å². The topological polar surface area (TPSA) is 76.9 Å². The van der Waals surface area contributed by atoms with Crippen LogP contribution >= 0.6 is 11.8 Å². The summed E-state index contributed by atoms with van der Waals surface area (Å²) in [4.78, 5) is 23.6. The number of ketones is 1. The molecule has 1 aromatic heterocycles. The normalized spacial score (nSPS) is 10.7. The molecule has 3 aromatic rings. The predicted octanol–water partition coefficient (Wildman–Crippen LogP) is 3.50. The van der Waals surface area contributed by atoms with E-state index in [9.17, 15) is 9.59 Å². The maximum absolute atomic E-state index is 12.6. The number of Topliss-reactive ketones (excluding diaryl/α,β-unsaturated/α-hetero) is 1. The fourth-order valence-electron chi connectivity index (χ4n) is 2.78. The van der Waals surface area contributed by atoms with Gasteiger partial charge in [-0.3, -0.25) is 14.2 Å². The first kappa shape index (κ1) is 19.8. The van der Waals surface area contributed by atoms with Crippen LogP contribution in [-0.4, -0.2) is 32.2 Å². The largest absolute Gasteiger partial charge is 0.352 e. The van der Waals surface area contributed by atoms with Crippen LogP contribution in [0.5, 0.6) is 0 Å². The first-order valence-corrected chi connectivity index (χ1v) is 9.91. The van der Waals surface area contributed by atoms with Crippen LogP contribution < -0.4 is 5.32 Å². The molecule has 0 aliphatic rings. The highest BCUT2D eigenvalue weighted by Gasteiger charge is 2.15. The summed E-state index contributed by atoms with van der Waals surface area (Å²) in [7, 11) is 0. The van der Waals surface area contributed by atoms with E-state index >= 15 is 0 Å². The van der Waals surface area contributed by atoms with Gasteiger partial charge in [0, 0.05) is 19.0 Å². The fourth-order valence-corrected chi connectivity index (χ4v) is 3.66. The maximum Gasteiger partial charge on any atom is 0.217 e. The van der Waals surface area contributed by atoms with Gasteiger partial charge in [-0.15, -0.1) is 10.2 Å². The molecule has 0 fully saturated rings. The zero-order valence-electron chi connectivity index (χ0n) is 16.1. The molecule has 1 heterocycles. The number of aromatic nitrogens is 3. The highest BCUT2D eigenvalue weighted by atomic mass is 32.2. The van der Waals surface area contributed by atoms with E-state index in [1.807, 2.05) is 54.8 Å². The number of carbonyl (C=O) groups excluding carboxylic acids is 2. The van der Waals surface area contributed by atoms with Gasteiger partial charge in [-0.05, 0) is 31.0 Å². The van der Waals surface area contributed by atoms with Crippen molar-refractivity contribution in [1.82, 2.24) is 20.1 Å². The number of hydrogen-bond donors (Lipinski definition) is 1. The zero-order chi connectivity index (χ0) is 20.1. The molecule has 144 valence electrons. The molecule has 0 aliphatic carbocycles. The van der Waals surface area contributed by atoms with Gasteiger partial charge in [-0.25, -0.2) is 0 Å². The Balaban J connectivity index is 1.69. The van der Waals surface area contributed by atoms with E-state index in [4.69, 9.17) is 0 Å². The average Bonchev–Trinajstić information content (AvgIpc) is 3.05. The van der Waals surface area contributed by atoms with Crippen LogP contribution in [0.2, 0.25) is 0 Å². The number of hydrogen-bond acceptors (Lipinski definition) is 5. The summed E-state index contributed by atoms with van der Waals surface area (Å²) in [6.07, 6.45) is 0. The minimum atomic E-state index is -0.0791. The first-order valence-electron chi connectivity index (χ1n) is 8.93. The van der Waals surface area contributed by atoms with Crippen molar-refractivity contribution in [3.63, 3.8) is 0 Å². The zero-order valence-corrected chi connectivity index (χ0v) is 16.9. The first-order chi connectivity index (χ1) is 13.5. The fraction of sp³-hybridized carbons (Fsp3) is 0.238. The summed E-state index contributed by atoms with van der Waals surface area (Å²) >= 11 is 1.38. The smallest absolute Gasteiger partial charge is 0.217 e. The van der Waals surface area contributed by atoms with Gasteiger partial charge in [0.25, 0.3) is 0 Å². The van der Waals surface area contributed by atoms with Crippen LogP contribution in [0, 0.1) is 13.8 Å². The number of nitrogens with one attached hydrogen (secondary N) is 1. The van der Waals surface area contributed by atoms with Crippen molar-refractivity contribution in [3.05, 3.63) is 71.0 Å². The van der Waals surface area contributed by atoms with Crippen LogP contribution in [-0.2, 0) is 11.3 Å². The Labute approximate surface area is 168 Å². The van der Waals surface area contributed by atoms with E-state index in [1.54, 1.807) is 12.1 Å². The summed E-state index contributed by atoms with van der Waals surface area (Å²) in [5.74, 6) is 0.999. The Bertz CT molecular complexity index is 996. The number of benzene rings is 2. The molecule has 0 spiro atoms. The third-order valence-electron chi connectivity index (χ3n) is 4.30. The van der Waals surface area contributed by atoms with Crippen LogP contribution in [0.3, 0.4) is 0 Å². The van der Waals surface area contributed by atoms with Gasteiger partial charge in [-0.2, -0.15) is 0 Å². The van der Waals surface area contributed by atoms with Gasteiger partial charge in [-0.1, -0.05) is 54.2 Å². The van der Waals surface area contributed by atoms with Gasteiger partial charge in [0.05, 0.1) is 11.4 Å². The van der Waals surface area contributed by atoms with Crippen molar-refractivity contribution in [2.45, 2.75) is 32.5 Å². The van der Waals surface area contributed by atoms with E-state index < -0.39 is 0 Å². The molecule has 2 aromatic carbocycles. The number of aryl methyl sites for hydroxylation is 2. The average molecular weight is 395 g/mol. The standard InChI is InChI=1S/C21H22N4O2S/c1-14-6-4-5-7-19(14)25-15(2)23-24-21(25)28-13-20(27)18-10-8-17(9-11-18)12-22-16(3)26/h4-11H,12-13H2,1-3H3,(H,22,26). The molecule has 0 saturated heterocycles. The third kappa shape index (κ3) is 4.67. The number of thioether (sulfide) groups is 1. The van der Waals surface area contributed by atoms with Gasteiger partial charge < -0.3 is 5.32 Å². The summed E-state index contributed by atoms with van der Waals surface area (Å²) < 4.78 is 1.98. The molecule has 0 unspecified atom stereocenters. The van der Waals surface area contributed by atoms with Crippen LogP contribution in [0.25, 0.3) is 5.69 Å². The van der Waals surface area contributed by atoms with Crippen LogP contribution in [0.4, 0.5) is 0 Å². The van der Waals surface area contributed by atoms with Crippen molar-refractivity contribution in [2.24, 2.45) is 0 Å². The maximum atomic E-state index is 12.6. The summed E-state index contributed by atoms with van der Waals surface area (Å²) in [6.45, 7) is 5.87. The lowest BCUT2D eigenvalue weighted by molar-refractivity contribution is -0.119. The molecule has 0 saturated carbocycles. The van der Waals surface area contributed by atoms with Crippen molar-refractivity contribution in [1.29, 1.82) is 0 Å². The minimum absolute atomic E-state index is 0.0214. The predicted molar refractivity (Wildman–Crippen MR) is 110 cm³/mol. The van der Waals surface area contributed by atoms with Crippen molar-refractivity contribution < 1.29 is 9.59 Å². The lowest BCUT2D eigenvalue weighted by atomic mass is 10.1. The molecule has 1 N–H and O–H groups in total. The van der Waals surface area contributed by atoms with Crippen molar-refractivity contribution in [3.8, 4) is 5.69 Å². The number of rotatable bonds is 7. The summed E-state index contributed by atoms with van der Waals surface area (Å²) in [6, 6.07) is 15.3. The Morgan fingerprint density at radius 1 is 1.04 bits per heavy atom. The lowest BCUT2D eigenvalue weighted by Gasteiger charge is -2.11. The molecular weight excluding hydrogens is 372 g/mol. The number of carbonyl (C=O) groups is 2. The monoisotopic (exact) mass is 394 g/mol. The molecule has 0 bridgehead atoms. The Morgan fingerprint density at radius 2 is 1.75 bits per heavy atom. The van der Waals surface area contributed by atoms with E-state index in [1.165, 1.54) is 18.7 Å². The second-order valence-electron chi connectivity index (χ2n) is 6.47. The number of amides is 1. The second-order valence-corrected chi connectivity index (χ2v) is 7.41. The highest BCUT2D eigenvalue weighted by Crippen LogP contribution is 2.24. The van der Waals surface area contributed by atoms with E-state index in [0.29, 0.717) is 17.3 Å². The summed E-state index contributed by atoms with van der Waals surface area (Å²) in [5, 5.41) is 11.9. The Hall–Kier alpha value is -2.93. The van der Waals surface area contributed by atoms with Gasteiger partial charge in [0.2, 0.25) is 5.91 Å². The van der Waals surface area contributed by atoms with E-state index in [2.05, 4.69) is 15.5 Å². The van der Waals surface area contributed by atoms with Gasteiger partial charge in [0.15, 0.2) is 10.9 Å². The van der Waals surface area contributed by atoms with Crippen molar-refractivity contribution >= 4 is 23.5 Å². The van der Waals surface area contributed by atoms with E-state index in [-0.39, 0.29) is 17.4 Å². The van der Waals surface area contributed by atoms with Crippen LogP contribution in [0.1, 0.15) is 34.2 Å². The lowest BCUT2D eigenvalue weighted by Crippen LogP contribution is -2.18. The summed E-state index contributed by atoms with van der Waals surface area (Å²) in [5.41, 5.74) is 3.72. The van der Waals surface area contributed by atoms with Crippen LogP contribution in [0.15, 0.2) is 53.7 Å². The number of nitrogens with zero attached hydrogens (tertiary/aromatic N) is 3. The Kier molecular flexibility index (Phi) is 6.26. The quantitative estimate of drug-likeness (QED) is 0.490. The molecule has 0 atom stereocenters. The van der Waals surface area contributed by atoms with Crippen molar-refractivity contribution in [2.75, 3.05) is 5.75 Å². The molecule has 1 amide bonds. The minimum Gasteiger partial charge on any atom is -0.352 e. The van der Waals surface area contributed by atoms with Gasteiger partial charge in [0.1, 0.15) is 5.82 Å². The number of para-hydroxylation sites is 1. The van der Waals surface area contributed by atoms with E-state index in [0.717, 1.165) is 22.6 Å². The molecule has 0 radical (unpaired) electrons. The molecule has 0 aliphatic heterocycles.